The number of benzene rings is 1. The van der Waals surface area contributed by atoms with E-state index in [1.54, 1.807) is 26.0 Å². The number of anilines is 3. The molecule has 1 saturated heterocycles. The molecule has 0 aliphatic carbocycles. The largest absolute Gasteiger partial charge is 0.418 e. The van der Waals surface area contributed by atoms with E-state index in [2.05, 4.69) is 20.6 Å². The van der Waals surface area contributed by atoms with Crippen molar-refractivity contribution in [2.75, 3.05) is 24.3 Å². The van der Waals surface area contributed by atoms with Crippen molar-refractivity contribution in [2.45, 2.75) is 39.4 Å². The molecule has 0 saturated carbocycles. The van der Waals surface area contributed by atoms with Crippen molar-refractivity contribution in [2.24, 2.45) is 5.41 Å². The maximum Gasteiger partial charge on any atom is 0.418 e. The molecule has 0 spiro atoms. The standard InChI is InChI=1S/C27H28F3N5O3/c1-16-3-4-22(21(7-16)27(28,29)30)35-20-8-17(2)23(33-13-20)14-34-25(37)26(5-6-38-15-26)10-24(36)18-9-19(31)12-32-11-18/h3-4,7-9,11-13,35H,5-6,10,14-15,31H2,1-2H3,(H,34,37)/t26-/m0/s1. The van der Waals surface area contributed by atoms with Crippen LogP contribution >= 0.6 is 0 Å². The fourth-order valence-electron chi connectivity index (χ4n) is 4.39. The van der Waals surface area contributed by atoms with Gasteiger partial charge in [0.25, 0.3) is 0 Å². The van der Waals surface area contributed by atoms with Crippen LogP contribution in [0.1, 0.15) is 45.6 Å². The Bertz CT molecular complexity index is 1350. The minimum atomic E-state index is -4.51. The number of rotatable bonds is 8. The zero-order valence-electron chi connectivity index (χ0n) is 21.0. The highest BCUT2D eigenvalue weighted by Gasteiger charge is 2.44. The van der Waals surface area contributed by atoms with E-state index in [9.17, 15) is 22.8 Å². The lowest BCUT2D eigenvalue weighted by Gasteiger charge is -2.25. The Morgan fingerprint density at radius 1 is 1.13 bits per heavy atom. The molecule has 1 fully saturated rings. The van der Waals surface area contributed by atoms with Crippen molar-refractivity contribution in [3.63, 3.8) is 0 Å². The Kier molecular flexibility index (Phi) is 7.68. The first-order valence-corrected chi connectivity index (χ1v) is 12.0. The number of aryl methyl sites for hydroxylation is 2. The highest BCUT2D eigenvalue weighted by atomic mass is 19.4. The molecular weight excluding hydrogens is 499 g/mol. The molecule has 8 nitrogen and oxygen atoms in total. The van der Waals surface area contributed by atoms with Gasteiger partial charge < -0.3 is 21.1 Å². The first kappa shape index (κ1) is 27.1. The molecule has 4 rings (SSSR count). The summed E-state index contributed by atoms with van der Waals surface area (Å²) in [6, 6.07) is 7.25. The lowest BCUT2D eigenvalue weighted by atomic mass is 9.80. The van der Waals surface area contributed by atoms with Crippen molar-refractivity contribution in [3.05, 3.63) is 76.9 Å². The van der Waals surface area contributed by atoms with Crippen molar-refractivity contribution in [1.82, 2.24) is 15.3 Å². The van der Waals surface area contributed by atoms with E-state index in [4.69, 9.17) is 10.5 Å². The van der Waals surface area contributed by atoms with Gasteiger partial charge in [0.2, 0.25) is 5.91 Å². The molecule has 200 valence electrons. The highest BCUT2D eigenvalue weighted by Crippen LogP contribution is 2.37. The number of nitrogens with one attached hydrogen (secondary N) is 2. The summed E-state index contributed by atoms with van der Waals surface area (Å²) in [5.74, 6) is -0.595. The van der Waals surface area contributed by atoms with Gasteiger partial charge in [-0.3, -0.25) is 19.6 Å². The first-order chi connectivity index (χ1) is 18.0. The minimum absolute atomic E-state index is 0.0582. The summed E-state index contributed by atoms with van der Waals surface area (Å²) >= 11 is 0. The third-order valence-corrected chi connectivity index (χ3v) is 6.53. The molecule has 4 N–H and O–H groups in total. The minimum Gasteiger partial charge on any atom is -0.397 e. The van der Waals surface area contributed by atoms with Crippen LogP contribution in [0.4, 0.5) is 30.2 Å². The molecular formula is C27H28F3N5O3. The average Bonchev–Trinajstić information content (AvgIpc) is 3.33. The lowest BCUT2D eigenvalue weighted by molar-refractivity contribution is -0.137. The summed E-state index contributed by atoms with van der Waals surface area (Å²) in [7, 11) is 0. The number of amides is 1. The van der Waals surface area contributed by atoms with E-state index in [1.165, 1.54) is 30.7 Å². The number of aromatic nitrogens is 2. The van der Waals surface area contributed by atoms with E-state index in [0.717, 1.165) is 6.07 Å². The Hall–Kier alpha value is -3.99. The number of carbonyl (C=O) groups excluding carboxylic acids is 2. The smallest absolute Gasteiger partial charge is 0.397 e. The van der Waals surface area contributed by atoms with Crippen molar-refractivity contribution >= 4 is 28.8 Å². The van der Waals surface area contributed by atoms with E-state index in [-0.39, 0.29) is 37.0 Å². The highest BCUT2D eigenvalue weighted by molar-refractivity contribution is 6.00. The SMILES string of the molecule is Cc1ccc(Nc2cnc(CNC(=O)[C@]3(CC(=O)c4cncc(N)c4)CCOC3)c(C)c2)c(C(F)(F)F)c1. The van der Waals surface area contributed by atoms with Gasteiger partial charge in [-0.2, -0.15) is 13.2 Å². The lowest BCUT2D eigenvalue weighted by Crippen LogP contribution is -2.43. The van der Waals surface area contributed by atoms with Crippen molar-refractivity contribution in [1.29, 1.82) is 0 Å². The van der Waals surface area contributed by atoms with Gasteiger partial charge in [-0.25, -0.2) is 0 Å². The quantitative estimate of drug-likeness (QED) is 0.362. The second-order valence-electron chi connectivity index (χ2n) is 9.53. The Morgan fingerprint density at radius 2 is 1.92 bits per heavy atom. The molecule has 1 aliphatic rings. The molecule has 0 bridgehead atoms. The molecule has 0 radical (unpaired) electrons. The third kappa shape index (κ3) is 6.10. The van der Waals surface area contributed by atoms with Gasteiger partial charge in [0, 0.05) is 31.0 Å². The van der Waals surface area contributed by atoms with Crippen LogP contribution in [0.2, 0.25) is 0 Å². The van der Waals surface area contributed by atoms with Gasteiger partial charge in [-0.05, 0) is 50.1 Å². The molecule has 2 aromatic heterocycles. The van der Waals surface area contributed by atoms with E-state index in [1.807, 2.05) is 0 Å². The summed E-state index contributed by atoms with van der Waals surface area (Å²) in [4.78, 5) is 34.4. The van der Waals surface area contributed by atoms with Gasteiger partial charge in [0.05, 0.1) is 53.1 Å². The van der Waals surface area contributed by atoms with Gasteiger partial charge >= 0.3 is 6.18 Å². The molecule has 3 aromatic rings. The fraction of sp³-hybridized carbons (Fsp3) is 0.333. The Morgan fingerprint density at radius 3 is 2.58 bits per heavy atom. The zero-order valence-corrected chi connectivity index (χ0v) is 21.0. The van der Waals surface area contributed by atoms with Crippen LogP contribution < -0.4 is 16.4 Å². The number of ether oxygens (including phenoxy) is 1. The molecule has 0 unspecified atom stereocenters. The van der Waals surface area contributed by atoms with E-state index in [0.29, 0.717) is 46.8 Å². The van der Waals surface area contributed by atoms with Gasteiger partial charge in [0.15, 0.2) is 5.78 Å². The predicted molar refractivity (Wildman–Crippen MR) is 136 cm³/mol. The Balaban J connectivity index is 1.44. The van der Waals surface area contributed by atoms with Crippen LogP contribution in [0, 0.1) is 19.3 Å². The van der Waals surface area contributed by atoms with Crippen LogP contribution in [-0.4, -0.2) is 34.9 Å². The summed E-state index contributed by atoms with van der Waals surface area (Å²) in [6.07, 6.45) is 0.0809. The normalized spacial score (nSPS) is 17.3. The maximum absolute atomic E-state index is 13.5. The predicted octanol–water partition coefficient (Wildman–Crippen LogP) is 4.73. The second kappa shape index (κ2) is 10.8. The summed E-state index contributed by atoms with van der Waals surface area (Å²) < 4.78 is 45.9. The number of ketones is 1. The molecule has 11 heteroatoms. The third-order valence-electron chi connectivity index (χ3n) is 6.53. The Labute approximate surface area is 217 Å². The van der Waals surface area contributed by atoms with Gasteiger partial charge in [-0.1, -0.05) is 11.6 Å². The maximum atomic E-state index is 13.5. The number of nitrogens with zero attached hydrogens (tertiary/aromatic N) is 2. The molecule has 1 aromatic carbocycles. The monoisotopic (exact) mass is 527 g/mol. The summed E-state index contributed by atoms with van der Waals surface area (Å²) in [5, 5.41) is 5.65. The number of carbonyl (C=O) groups is 2. The number of nitrogens with two attached hydrogens (primary N) is 1. The number of hydrogen-bond donors (Lipinski definition) is 3. The topological polar surface area (TPSA) is 119 Å². The van der Waals surface area contributed by atoms with Gasteiger partial charge in [-0.15, -0.1) is 0 Å². The molecule has 1 atom stereocenters. The molecule has 1 aliphatic heterocycles. The molecule has 3 heterocycles. The van der Waals surface area contributed by atoms with E-state index >= 15 is 0 Å². The summed E-state index contributed by atoms with van der Waals surface area (Å²) in [6.45, 7) is 3.89. The van der Waals surface area contributed by atoms with Crippen LogP contribution in [0.15, 0.2) is 48.9 Å². The van der Waals surface area contributed by atoms with Crippen LogP contribution in [-0.2, 0) is 22.3 Å². The first-order valence-electron chi connectivity index (χ1n) is 12.0. The summed E-state index contributed by atoms with van der Waals surface area (Å²) in [5.41, 5.74) is 6.64. The van der Waals surface area contributed by atoms with Crippen LogP contribution in [0.5, 0.6) is 0 Å². The zero-order chi connectivity index (χ0) is 27.5. The number of nitrogen functional groups attached to an aromatic ring is 1. The molecule has 1 amide bonds. The van der Waals surface area contributed by atoms with Crippen LogP contribution in [0.3, 0.4) is 0 Å². The molecule has 38 heavy (non-hydrogen) atoms. The number of alkyl halides is 3. The van der Waals surface area contributed by atoms with Crippen LogP contribution in [0.25, 0.3) is 0 Å². The number of Topliss-reactive ketones (excluding diaryl/α,β-unsaturated/α-hetero) is 1. The number of halogens is 3. The van der Waals surface area contributed by atoms with Crippen molar-refractivity contribution < 1.29 is 27.5 Å². The van der Waals surface area contributed by atoms with Crippen molar-refractivity contribution in [3.8, 4) is 0 Å². The number of pyridine rings is 2. The number of hydrogen-bond acceptors (Lipinski definition) is 7. The van der Waals surface area contributed by atoms with Gasteiger partial charge in [0.1, 0.15) is 0 Å². The average molecular weight is 528 g/mol. The fourth-order valence-corrected chi connectivity index (χ4v) is 4.39. The second-order valence-corrected chi connectivity index (χ2v) is 9.53. The van der Waals surface area contributed by atoms with E-state index < -0.39 is 17.2 Å².